The number of carbonyl (C=O) groups is 1. The van der Waals surface area contributed by atoms with E-state index in [1.165, 1.54) is 0 Å². The second-order valence-electron chi connectivity index (χ2n) is 3.53. The van der Waals surface area contributed by atoms with Crippen LogP contribution in [0.3, 0.4) is 0 Å². The zero-order valence-electron chi connectivity index (χ0n) is 8.05. The van der Waals surface area contributed by atoms with Crippen LogP contribution in [-0.2, 0) is 0 Å². The van der Waals surface area contributed by atoms with Gasteiger partial charge in [-0.3, -0.25) is 0 Å². The lowest BCUT2D eigenvalue weighted by molar-refractivity contribution is 0.223. The molecule has 2 atom stereocenters. The quantitative estimate of drug-likeness (QED) is 0.600. The van der Waals surface area contributed by atoms with Crippen LogP contribution in [0.15, 0.2) is 0 Å². The van der Waals surface area contributed by atoms with Crippen LogP contribution in [0.1, 0.15) is 25.7 Å². The highest BCUT2D eigenvalue weighted by molar-refractivity contribution is 5.73. The van der Waals surface area contributed by atoms with Crippen molar-refractivity contribution in [2.45, 2.75) is 31.7 Å². The lowest BCUT2D eigenvalue weighted by Gasteiger charge is -2.19. The summed E-state index contributed by atoms with van der Waals surface area (Å²) in [5.41, 5.74) is 0. The molecule has 0 heterocycles. The van der Waals surface area contributed by atoms with E-state index in [4.69, 9.17) is 5.11 Å². The number of aliphatic hydroxyl groups is 1. The summed E-state index contributed by atoms with van der Waals surface area (Å²) in [6.07, 6.45) is 4.11. The van der Waals surface area contributed by atoms with Crippen LogP contribution in [0.25, 0.3) is 0 Å². The Bertz CT molecular complexity index is 173. The average molecular weight is 186 g/mol. The highest BCUT2D eigenvalue weighted by atomic mass is 16.3. The molecule has 1 fully saturated rings. The molecule has 2 amide bonds. The van der Waals surface area contributed by atoms with E-state index in [1.54, 1.807) is 7.05 Å². The predicted molar refractivity (Wildman–Crippen MR) is 50.4 cm³/mol. The topological polar surface area (TPSA) is 61.4 Å². The molecule has 4 nitrogen and oxygen atoms in total. The average Bonchev–Trinajstić information content (AvgIpc) is 2.54. The minimum atomic E-state index is -0.116. The molecule has 4 heteroatoms. The van der Waals surface area contributed by atoms with Gasteiger partial charge in [0.1, 0.15) is 0 Å². The molecule has 0 aromatic heterocycles. The number of amides is 2. The zero-order chi connectivity index (χ0) is 9.68. The Morgan fingerprint density at radius 3 is 2.92 bits per heavy atom. The van der Waals surface area contributed by atoms with Gasteiger partial charge < -0.3 is 15.7 Å². The van der Waals surface area contributed by atoms with Crippen molar-refractivity contribution in [1.82, 2.24) is 10.6 Å². The Hall–Kier alpha value is -0.770. The zero-order valence-corrected chi connectivity index (χ0v) is 8.05. The van der Waals surface area contributed by atoms with Gasteiger partial charge in [-0.1, -0.05) is 6.42 Å². The van der Waals surface area contributed by atoms with Gasteiger partial charge in [0.25, 0.3) is 0 Å². The van der Waals surface area contributed by atoms with Crippen molar-refractivity contribution >= 4 is 6.03 Å². The maximum Gasteiger partial charge on any atom is 0.314 e. The van der Waals surface area contributed by atoms with Crippen LogP contribution in [0.4, 0.5) is 4.79 Å². The molecular weight excluding hydrogens is 168 g/mol. The lowest BCUT2D eigenvalue weighted by atomic mass is 10.0. The van der Waals surface area contributed by atoms with Crippen molar-refractivity contribution in [3.05, 3.63) is 0 Å². The molecule has 0 aromatic carbocycles. The number of urea groups is 1. The number of hydrogen-bond acceptors (Lipinski definition) is 2. The summed E-state index contributed by atoms with van der Waals surface area (Å²) >= 11 is 0. The monoisotopic (exact) mass is 186 g/mol. The van der Waals surface area contributed by atoms with Crippen LogP contribution < -0.4 is 10.6 Å². The SMILES string of the molecule is CNC(=O)NC1CCCC1CCO. The van der Waals surface area contributed by atoms with E-state index in [9.17, 15) is 4.79 Å². The molecule has 0 aromatic rings. The summed E-state index contributed by atoms with van der Waals surface area (Å²) in [5, 5.41) is 14.3. The fraction of sp³-hybridized carbons (Fsp3) is 0.889. The maximum absolute atomic E-state index is 11.0. The largest absolute Gasteiger partial charge is 0.396 e. The van der Waals surface area contributed by atoms with E-state index in [0.717, 1.165) is 25.7 Å². The summed E-state index contributed by atoms with van der Waals surface area (Å²) in [4.78, 5) is 11.0. The summed E-state index contributed by atoms with van der Waals surface area (Å²) in [7, 11) is 1.62. The Morgan fingerprint density at radius 2 is 2.31 bits per heavy atom. The second-order valence-corrected chi connectivity index (χ2v) is 3.53. The van der Waals surface area contributed by atoms with Crippen molar-refractivity contribution < 1.29 is 9.90 Å². The normalized spacial score (nSPS) is 27.2. The van der Waals surface area contributed by atoms with Crippen LogP contribution in [0, 0.1) is 5.92 Å². The minimum Gasteiger partial charge on any atom is -0.396 e. The first-order chi connectivity index (χ1) is 6.27. The van der Waals surface area contributed by atoms with Crippen LogP contribution in [-0.4, -0.2) is 30.8 Å². The molecule has 0 saturated heterocycles. The smallest absolute Gasteiger partial charge is 0.314 e. The third-order valence-corrected chi connectivity index (χ3v) is 2.70. The standard InChI is InChI=1S/C9H18N2O2/c1-10-9(13)11-8-4-2-3-7(8)5-6-12/h7-8,12H,2-6H2,1H3,(H2,10,11,13). The van der Waals surface area contributed by atoms with E-state index in [0.29, 0.717) is 5.92 Å². The molecule has 2 unspecified atom stereocenters. The number of hydrogen-bond donors (Lipinski definition) is 3. The van der Waals surface area contributed by atoms with Crippen molar-refractivity contribution in [3.63, 3.8) is 0 Å². The lowest BCUT2D eigenvalue weighted by Crippen LogP contribution is -2.42. The first kappa shape index (κ1) is 10.3. The van der Waals surface area contributed by atoms with E-state index in [2.05, 4.69) is 10.6 Å². The molecular formula is C9H18N2O2. The molecule has 0 radical (unpaired) electrons. The van der Waals surface area contributed by atoms with Crippen molar-refractivity contribution in [3.8, 4) is 0 Å². The third kappa shape index (κ3) is 2.88. The summed E-state index contributed by atoms with van der Waals surface area (Å²) in [6.45, 7) is 0.219. The fourth-order valence-electron chi connectivity index (χ4n) is 1.98. The van der Waals surface area contributed by atoms with Crippen molar-refractivity contribution in [1.29, 1.82) is 0 Å². The van der Waals surface area contributed by atoms with Crippen molar-refractivity contribution in [2.75, 3.05) is 13.7 Å². The molecule has 1 aliphatic carbocycles. The number of carbonyl (C=O) groups excluding carboxylic acids is 1. The van der Waals surface area contributed by atoms with Crippen LogP contribution in [0.2, 0.25) is 0 Å². The summed E-state index contributed by atoms with van der Waals surface area (Å²) < 4.78 is 0. The number of rotatable bonds is 3. The fourth-order valence-corrected chi connectivity index (χ4v) is 1.98. The van der Waals surface area contributed by atoms with Gasteiger partial charge in [0.2, 0.25) is 0 Å². The first-order valence-corrected chi connectivity index (χ1v) is 4.87. The molecule has 13 heavy (non-hydrogen) atoms. The van der Waals surface area contributed by atoms with Gasteiger partial charge in [0, 0.05) is 19.7 Å². The molecule has 1 saturated carbocycles. The van der Waals surface area contributed by atoms with Gasteiger partial charge in [-0.05, 0) is 25.2 Å². The Kier molecular flexibility index (Phi) is 4.02. The van der Waals surface area contributed by atoms with Crippen LogP contribution >= 0.6 is 0 Å². The maximum atomic E-state index is 11.0. The summed E-state index contributed by atoms with van der Waals surface area (Å²) in [6, 6.07) is 0.141. The highest BCUT2D eigenvalue weighted by Crippen LogP contribution is 2.27. The van der Waals surface area contributed by atoms with Gasteiger partial charge in [0.05, 0.1) is 0 Å². The van der Waals surface area contributed by atoms with E-state index in [-0.39, 0.29) is 18.7 Å². The van der Waals surface area contributed by atoms with Gasteiger partial charge in [0.15, 0.2) is 0 Å². The molecule has 0 aliphatic heterocycles. The van der Waals surface area contributed by atoms with Gasteiger partial charge in [-0.15, -0.1) is 0 Å². The molecule has 76 valence electrons. The third-order valence-electron chi connectivity index (χ3n) is 2.70. The Morgan fingerprint density at radius 1 is 1.54 bits per heavy atom. The molecule has 1 rings (SSSR count). The van der Waals surface area contributed by atoms with E-state index >= 15 is 0 Å². The minimum absolute atomic E-state index is 0.116. The number of aliphatic hydroxyl groups excluding tert-OH is 1. The molecule has 0 spiro atoms. The Labute approximate surface area is 78.7 Å². The number of nitrogens with one attached hydrogen (secondary N) is 2. The highest BCUT2D eigenvalue weighted by Gasteiger charge is 2.27. The summed E-state index contributed by atoms with van der Waals surface area (Å²) in [5.74, 6) is 0.460. The van der Waals surface area contributed by atoms with E-state index in [1.807, 2.05) is 0 Å². The molecule has 0 bridgehead atoms. The van der Waals surface area contributed by atoms with Crippen LogP contribution in [0.5, 0.6) is 0 Å². The first-order valence-electron chi connectivity index (χ1n) is 4.87. The van der Waals surface area contributed by atoms with Gasteiger partial charge in [-0.2, -0.15) is 0 Å². The van der Waals surface area contributed by atoms with E-state index < -0.39 is 0 Å². The Balaban J connectivity index is 2.34. The molecule has 1 aliphatic rings. The molecule has 3 N–H and O–H groups in total. The van der Waals surface area contributed by atoms with Crippen molar-refractivity contribution in [2.24, 2.45) is 5.92 Å². The van der Waals surface area contributed by atoms with Gasteiger partial charge in [-0.25, -0.2) is 4.79 Å². The predicted octanol–water partition coefficient (Wildman–Crippen LogP) is 0.466. The second kappa shape index (κ2) is 5.07. The van der Waals surface area contributed by atoms with Gasteiger partial charge >= 0.3 is 6.03 Å².